The minimum absolute atomic E-state index is 0.0586. The van der Waals surface area contributed by atoms with Gasteiger partial charge in [0.1, 0.15) is 12.0 Å². The monoisotopic (exact) mass is 245 g/mol. The van der Waals surface area contributed by atoms with Crippen molar-refractivity contribution in [1.29, 1.82) is 0 Å². The Labute approximate surface area is 93.5 Å². The van der Waals surface area contributed by atoms with E-state index in [0.717, 1.165) is 6.16 Å². The van der Waals surface area contributed by atoms with Crippen molar-refractivity contribution in [2.45, 2.75) is 6.92 Å². The van der Waals surface area contributed by atoms with Gasteiger partial charge in [-0.25, -0.2) is 0 Å². The first-order chi connectivity index (χ1) is 6.94. The maximum absolute atomic E-state index is 10.4. The molecule has 1 aromatic rings. The first-order valence-corrected chi connectivity index (χ1v) is 7.80. The SMILES string of the molecule is CCP(C)(=S)Oc1ccc([N+](=O)[O-])cc1. The predicted molar refractivity (Wildman–Crippen MR) is 64.5 cm³/mol. The molecule has 0 aliphatic heterocycles. The van der Waals surface area contributed by atoms with E-state index in [2.05, 4.69) is 0 Å². The van der Waals surface area contributed by atoms with Crippen LogP contribution in [-0.2, 0) is 11.8 Å². The van der Waals surface area contributed by atoms with Gasteiger partial charge in [-0.2, -0.15) is 0 Å². The Morgan fingerprint density at radius 3 is 2.40 bits per heavy atom. The Kier molecular flexibility index (Phi) is 3.83. The highest BCUT2D eigenvalue weighted by atomic mass is 32.4. The fourth-order valence-corrected chi connectivity index (χ4v) is 1.87. The summed E-state index contributed by atoms with van der Waals surface area (Å²) in [6, 6.07) is 6.00. The zero-order chi connectivity index (χ0) is 11.5. The van der Waals surface area contributed by atoms with E-state index in [1.807, 2.05) is 13.6 Å². The smallest absolute Gasteiger partial charge is 0.269 e. The predicted octanol–water partition coefficient (Wildman–Crippen LogP) is 3.02. The molecule has 1 atom stereocenters. The summed E-state index contributed by atoms with van der Waals surface area (Å²) in [4.78, 5) is 9.97. The van der Waals surface area contributed by atoms with Crippen molar-refractivity contribution >= 4 is 23.8 Å². The van der Waals surface area contributed by atoms with Crippen molar-refractivity contribution in [3.63, 3.8) is 0 Å². The van der Waals surface area contributed by atoms with Crippen LogP contribution in [-0.4, -0.2) is 17.8 Å². The van der Waals surface area contributed by atoms with Gasteiger partial charge >= 0.3 is 0 Å². The molecular formula is C9H12NO3PS. The van der Waals surface area contributed by atoms with E-state index in [1.54, 1.807) is 12.1 Å². The second-order valence-corrected chi connectivity index (χ2v) is 8.33. The molecule has 0 radical (unpaired) electrons. The van der Waals surface area contributed by atoms with Crippen molar-refractivity contribution in [1.82, 2.24) is 0 Å². The van der Waals surface area contributed by atoms with Gasteiger partial charge in [0, 0.05) is 18.3 Å². The summed E-state index contributed by atoms with van der Waals surface area (Å²) in [6.45, 7) is 3.88. The molecule has 0 aromatic heterocycles. The highest BCUT2D eigenvalue weighted by molar-refractivity contribution is 8.12. The van der Waals surface area contributed by atoms with Crippen LogP contribution in [0.4, 0.5) is 5.69 Å². The molecule has 1 unspecified atom stereocenters. The summed E-state index contributed by atoms with van der Waals surface area (Å²) in [5.74, 6) is 0.605. The van der Waals surface area contributed by atoms with Crippen molar-refractivity contribution in [2.24, 2.45) is 0 Å². The quantitative estimate of drug-likeness (QED) is 0.465. The van der Waals surface area contributed by atoms with Crippen LogP contribution in [0.1, 0.15) is 6.92 Å². The number of hydrogen-bond donors (Lipinski definition) is 0. The molecule has 6 heteroatoms. The Morgan fingerprint density at radius 1 is 1.47 bits per heavy atom. The Bertz CT molecular complexity index is 404. The standard InChI is InChI=1S/C9H12NO3PS/c1-3-14(2,15)13-9-6-4-8(5-7-9)10(11)12/h4-7H,3H2,1-2H3. The highest BCUT2D eigenvalue weighted by Crippen LogP contribution is 2.43. The summed E-state index contributed by atoms with van der Waals surface area (Å²) in [7, 11) is 0. The van der Waals surface area contributed by atoms with Gasteiger partial charge in [0.05, 0.1) is 4.92 Å². The molecule has 0 bridgehead atoms. The van der Waals surface area contributed by atoms with E-state index in [1.165, 1.54) is 12.1 Å². The van der Waals surface area contributed by atoms with Gasteiger partial charge in [-0.3, -0.25) is 10.1 Å². The average Bonchev–Trinajstić information content (AvgIpc) is 2.18. The van der Waals surface area contributed by atoms with Gasteiger partial charge in [0.15, 0.2) is 0 Å². The van der Waals surface area contributed by atoms with Crippen LogP contribution in [0.25, 0.3) is 0 Å². The lowest BCUT2D eigenvalue weighted by molar-refractivity contribution is -0.384. The molecule has 0 heterocycles. The van der Waals surface area contributed by atoms with Crippen LogP contribution in [0.15, 0.2) is 24.3 Å². The highest BCUT2D eigenvalue weighted by Gasteiger charge is 2.10. The van der Waals surface area contributed by atoms with E-state index in [0.29, 0.717) is 5.75 Å². The Morgan fingerprint density at radius 2 is 2.00 bits per heavy atom. The molecule has 0 saturated heterocycles. The van der Waals surface area contributed by atoms with Crippen LogP contribution in [0, 0.1) is 10.1 Å². The van der Waals surface area contributed by atoms with Crippen LogP contribution in [0.3, 0.4) is 0 Å². The molecule has 0 spiro atoms. The Hall–Kier alpha value is -0.930. The van der Waals surface area contributed by atoms with Crippen LogP contribution < -0.4 is 4.52 Å². The molecule has 0 amide bonds. The van der Waals surface area contributed by atoms with Crippen molar-refractivity contribution in [2.75, 3.05) is 12.8 Å². The van der Waals surface area contributed by atoms with Crippen LogP contribution >= 0.6 is 6.26 Å². The molecule has 0 fully saturated rings. The Balaban J connectivity index is 2.82. The van der Waals surface area contributed by atoms with Gasteiger partial charge in [-0.15, -0.1) is 0 Å². The summed E-state index contributed by atoms with van der Waals surface area (Å²) in [6.07, 6.45) is -0.966. The third-order valence-electron chi connectivity index (χ3n) is 1.92. The number of nitro benzene ring substituents is 1. The number of non-ortho nitro benzene ring substituents is 1. The van der Waals surface area contributed by atoms with E-state index in [9.17, 15) is 10.1 Å². The van der Waals surface area contributed by atoms with E-state index < -0.39 is 11.2 Å². The minimum Gasteiger partial charge on any atom is -0.467 e. The second kappa shape index (κ2) is 4.73. The lowest BCUT2D eigenvalue weighted by Crippen LogP contribution is -1.93. The summed E-state index contributed by atoms with van der Waals surface area (Å²) in [5, 5.41) is 10.4. The topological polar surface area (TPSA) is 52.4 Å². The van der Waals surface area contributed by atoms with Crippen molar-refractivity contribution < 1.29 is 9.45 Å². The molecule has 0 aliphatic rings. The first kappa shape index (κ1) is 12.1. The van der Waals surface area contributed by atoms with Crippen LogP contribution in [0.5, 0.6) is 5.75 Å². The first-order valence-electron chi connectivity index (χ1n) is 4.45. The van der Waals surface area contributed by atoms with E-state index in [4.69, 9.17) is 16.3 Å². The average molecular weight is 245 g/mol. The molecule has 82 valence electrons. The third-order valence-corrected chi connectivity index (χ3v) is 4.66. The number of rotatable bonds is 4. The molecule has 0 aliphatic carbocycles. The number of benzene rings is 1. The molecular weight excluding hydrogens is 233 g/mol. The summed E-state index contributed by atoms with van der Waals surface area (Å²) >= 11 is 5.27. The summed E-state index contributed by atoms with van der Waals surface area (Å²) < 4.78 is 5.59. The number of hydrogen-bond acceptors (Lipinski definition) is 4. The van der Waals surface area contributed by atoms with Gasteiger partial charge in [-0.1, -0.05) is 18.7 Å². The molecule has 0 saturated carbocycles. The largest absolute Gasteiger partial charge is 0.467 e. The third kappa shape index (κ3) is 3.61. The van der Waals surface area contributed by atoms with Crippen molar-refractivity contribution in [3.8, 4) is 5.75 Å². The van der Waals surface area contributed by atoms with Gasteiger partial charge in [-0.05, 0) is 18.8 Å². The molecule has 4 nitrogen and oxygen atoms in total. The number of nitro groups is 1. The zero-order valence-corrected chi connectivity index (χ0v) is 10.3. The lowest BCUT2D eigenvalue weighted by Gasteiger charge is -2.16. The fraction of sp³-hybridized carbons (Fsp3) is 0.333. The molecule has 15 heavy (non-hydrogen) atoms. The van der Waals surface area contributed by atoms with Crippen LogP contribution in [0.2, 0.25) is 0 Å². The lowest BCUT2D eigenvalue weighted by atomic mass is 10.3. The maximum Gasteiger partial charge on any atom is 0.269 e. The second-order valence-electron chi connectivity index (χ2n) is 3.17. The van der Waals surface area contributed by atoms with E-state index in [-0.39, 0.29) is 5.69 Å². The summed E-state index contributed by atoms with van der Waals surface area (Å²) in [5.41, 5.74) is 0.0586. The fourth-order valence-electron chi connectivity index (χ4n) is 0.916. The number of nitrogens with zero attached hydrogens (tertiary/aromatic N) is 1. The van der Waals surface area contributed by atoms with Gasteiger partial charge < -0.3 is 4.52 Å². The van der Waals surface area contributed by atoms with Gasteiger partial charge in [0.25, 0.3) is 5.69 Å². The zero-order valence-electron chi connectivity index (χ0n) is 8.54. The normalized spacial score (nSPS) is 14.3. The van der Waals surface area contributed by atoms with Crippen molar-refractivity contribution in [3.05, 3.63) is 34.4 Å². The van der Waals surface area contributed by atoms with Gasteiger partial charge in [0.2, 0.25) is 0 Å². The molecule has 1 rings (SSSR count). The minimum atomic E-state index is -1.77. The van der Waals surface area contributed by atoms with E-state index >= 15 is 0 Å². The maximum atomic E-state index is 10.4. The molecule has 1 aromatic carbocycles. The molecule has 0 N–H and O–H groups in total.